The Morgan fingerprint density at radius 2 is 1.41 bits per heavy atom. The van der Waals surface area contributed by atoms with E-state index in [1.807, 2.05) is 24.3 Å². The molecule has 1 saturated carbocycles. The number of nitrogen functional groups attached to an aromatic ring is 2. The van der Waals surface area contributed by atoms with E-state index in [4.69, 9.17) is 16.2 Å². The van der Waals surface area contributed by atoms with E-state index >= 15 is 0 Å². The highest BCUT2D eigenvalue weighted by atomic mass is 16.5. The lowest BCUT2D eigenvalue weighted by atomic mass is 9.79. The molecule has 3 nitrogen and oxygen atoms in total. The number of hydrogen-bond acceptors (Lipinski definition) is 3. The average Bonchev–Trinajstić information content (AvgIpc) is 2.75. The molecule has 0 radical (unpaired) electrons. The van der Waals surface area contributed by atoms with Crippen LogP contribution in [0.5, 0.6) is 5.75 Å². The van der Waals surface area contributed by atoms with Crippen molar-refractivity contribution in [3.63, 3.8) is 0 Å². The van der Waals surface area contributed by atoms with Gasteiger partial charge in [-0.15, -0.1) is 0 Å². The summed E-state index contributed by atoms with van der Waals surface area (Å²) in [4.78, 5) is 0. The monoisotopic (exact) mass is 386 g/mol. The van der Waals surface area contributed by atoms with Gasteiger partial charge in [-0.1, -0.05) is 56.2 Å². The van der Waals surface area contributed by atoms with Crippen LogP contribution in [0.3, 0.4) is 0 Å². The summed E-state index contributed by atoms with van der Waals surface area (Å²) in [6.45, 7) is 2.78. The van der Waals surface area contributed by atoms with E-state index in [0.717, 1.165) is 23.1 Å². The number of benzene rings is 3. The van der Waals surface area contributed by atoms with Crippen molar-refractivity contribution in [1.29, 1.82) is 0 Å². The van der Waals surface area contributed by atoms with Crippen LogP contribution in [0.15, 0.2) is 66.7 Å². The van der Waals surface area contributed by atoms with Crippen LogP contribution in [-0.4, -0.2) is 0 Å². The molecular formula is C26H30N2O. The van der Waals surface area contributed by atoms with Crippen LogP contribution in [0.4, 0.5) is 11.4 Å². The van der Waals surface area contributed by atoms with Gasteiger partial charge >= 0.3 is 0 Å². The fourth-order valence-corrected chi connectivity index (χ4v) is 4.20. The van der Waals surface area contributed by atoms with Gasteiger partial charge in [0.1, 0.15) is 12.4 Å². The first-order valence-electron chi connectivity index (χ1n) is 10.6. The fraction of sp³-hybridized carbons (Fsp3) is 0.308. The molecule has 0 aliphatic heterocycles. The van der Waals surface area contributed by atoms with Crippen molar-refractivity contribution < 1.29 is 4.74 Å². The lowest BCUT2D eigenvalue weighted by molar-refractivity contribution is 0.307. The Hall–Kier alpha value is -2.94. The van der Waals surface area contributed by atoms with Crippen LogP contribution < -0.4 is 16.2 Å². The summed E-state index contributed by atoms with van der Waals surface area (Å²) in [5, 5.41) is 0. The Labute approximate surface area is 173 Å². The predicted octanol–water partition coefficient (Wildman–Crippen LogP) is 6.39. The topological polar surface area (TPSA) is 61.3 Å². The first kappa shape index (κ1) is 19.4. The van der Waals surface area contributed by atoms with Crippen LogP contribution in [0, 0.1) is 5.92 Å². The number of nitrogens with two attached hydrogens (primary N) is 2. The van der Waals surface area contributed by atoms with E-state index in [2.05, 4.69) is 43.3 Å². The molecule has 0 spiro atoms. The molecule has 1 aliphatic carbocycles. The normalized spacial score (nSPS) is 19.1. The van der Waals surface area contributed by atoms with Gasteiger partial charge in [-0.25, -0.2) is 0 Å². The van der Waals surface area contributed by atoms with Crippen LogP contribution in [0.1, 0.15) is 49.7 Å². The average molecular weight is 387 g/mol. The Morgan fingerprint density at radius 1 is 0.793 bits per heavy atom. The zero-order valence-electron chi connectivity index (χ0n) is 17.1. The van der Waals surface area contributed by atoms with Crippen molar-refractivity contribution >= 4 is 11.4 Å². The van der Waals surface area contributed by atoms with Crippen LogP contribution in [-0.2, 0) is 6.61 Å². The minimum Gasteiger partial charge on any atom is -0.489 e. The quantitative estimate of drug-likeness (QED) is 0.499. The zero-order valence-corrected chi connectivity index (χ0v) is 17.1. The molecule has 0 bridgehead atoms. The first-order chi connectivity index (χ1) is 14.1. The standard InChI is InChI=1S/C26H30N2O/c1-18-2-4-19(5-3-18)20-6-8-21(9-7-20)22-10-13-25(14-11-22)29-17-23-16-24(27)12-15-26(23)28/h6-16,18-19H,2-5,17,27-28H2,1H3. The predicted molar refractivity (Wildman–Crippen MR) is 122 cm³/mol. The van der Waals surface area contributed by atoms with Crippen molar-refractivity contribution in [2.24, 2.45) is 5.92 Å². The van der Waals surface area contributed by atoms with Gasteiger partial charge in [0.2, 0.25) is 0 Å². The third-order valence-electron chi connectivity index (χ3n) is 6.15. The van der Waals surface area contributed by atoms with Crippen molar-refractivity contribution in [1.82, 2.24) is 0 Å². The molecule has 0 atom stereocenters. The van der Waals surface area contributed by atoms with Crippen molar-refractivity contribution in [2.45, 2.75) is 45.1 Å². The summed E-state index contributed by atoms with van der Waals surface area (Å²) < 4.78 is 5.89. The van der Waals surface area contributed by atoms with Gasteiger partial charge in [0.15, 0.2) is 0 Å². The molecule has 0 amide bonds. The Balaban J connectivity index is 1.39. The van der Waals surface area contributed by atoms with Gasteiger partial charge < -0.3 is 16.2 Å². The molecule has 0 aromatic heterocycles. The Kier molecular flexibility index (Phi) is 5.75. The van der Waals surface area contributed by atoms with Gasteiger partial charge in [-0.05, 0) is 71.7 Å². The van der Waals surface area contributed by atoms with Gasteiger partial charge in [0.05, 0.1) is 0 Å². The molecule has 0 heterocycles. The Morgan fingerprint density at radius 3 is 2.07 bits per heavy atom. The van der Waals surface area contributed by atoms with E-state index in [1.54, 1.807) is 6.07 Å². The molecule has 29 heavy (non-hydrogen) atoms. The van der Waals surface area contributed by atoms with E-state index in [-0.39, 0.29) is 0 Å². The van der Waals surface area contributed by atoms with Crippen molar-refractivity contribution in [2.75, 3.05) is 11.5 Å². The van der Waals surface area contributed by atoms with Crippen molar-refractivity contribution in [3.05, 3.63) is 77.9 Å². The van der Waals surface area contributed by atoms with Crippen molar-refractivity contribution in [3.8, 4) is 16.9 Å². The van der Waals surface area contributed by atoms with Gasteiger partial charge in [-0.2, -0.15) is 0 Å². The number of hydrogen-bond donors (Lipinski definition) is 2. The highest BCUT2D eigenvalue weighted by Crippen LogP contribution is 2.36. The third kappa shape index (κ3) is 4.73. The molecule has 4 rings (SSSR count). The molecular weight excluding hydrogens is 356 g/mol. The van der Waals surface area contributed by atoms with E-state index < -0.39 is 0 Å². The molecule has 3 aromatic rings. The Bertz CT molecular complexity index is 939. The molecule has 3 aromatic carbocycles. The second kappa shape index (κ2) is 8.60. The summed E-state index contributed by atoms with van der Waals surface area (Å²) in [5.74, 6) is 2.45. The second-order valence-electron chi connectivity index (χ2n) is 8.35. The summed E-state index contributed by atoms with van der Waals surface area (Å²) in [5.41, 5.74) is 18.0. The van der Waals surface area contributed by atoms with Gasteiger partial charge in [-0.3, -0.25) is 0 Å². The zero-order chi connectivity index (χ0) is 20.2. The number of rotatable bonds is 5. The summed E-state index contributed by atoms with van der Waals surface area (Å²) in [6, 6.07) is 22.8. The first-order valence-corrected chi connectivity index (χ1v) is 10.6. The number of ether oxygens (including phenoxy) is 1. The highest BCUT2D eigenvalue weighted by molar-refractivity contribution is 5.64. The van der Waals surface area contributed by atoms with Gasteiger partial charge in [0.25, 0.3) is 0 Å². The molecule has 4 N–H and O–H groups in total. The smallest absolute Gasteiger partial charge is 0.119 e. The maximum Gasteiger partial charge on any atom is 0.119 e. The maximum atomic E-state index is 5.99. The summed E-state index contributed by atoms with van der Waals surface area (Å²) in [6.07, 6.45) is 5.36. The third-order valence-corrected chi connectivity index (χ3v) is 6.15. The highest BCUT2D eigenvalue weighted by Gasteiger charge is 2.19. The molecule has 3 heteroatoms. The molecule has 1 fully saturated rings. The SMILES string of the molecule is CC1CCC(c2ccc(-c3ccc(OCc4cc(N)ccc4N)cc3)cc2)CC1. The van der Waals surface area contributed by atoms with E-state index in [9.17, 15) is 0 Å². The lowest BCUT2D eigenvalue weighted by Gasteiger charge is -2.26. The van der Waals surface area contributed by atoms with Crippen LogP contribution in [0.25, 0.3) is 11.1 Å². The van der Waals surface area contributed by atoms with E-state index in [0.29, 0.717) is 18.0 Å². The molecule has 1 aliphatic rings. The van der Waals surface area contributed by atoms with Gasteiger partial charge in [0, 0.05) is 16.9 Å². The van der Waals surface area contributed by atoms with E-state index in [1.165, 1.54) is 42.4 Å². The van der Waals surface area contributed by atoms with Crippen LogP contribution >= 0.6 is 0 Å². The summed E-state index contributed by atoms with van der Waals surface area (Å²) in [7, 11) is 0. The largest absolute Gasteiger partial charge is 0.489 e. The maximum absolute atomic E-state index is 5.99. The second-order valence-corrected chi connectivity index (χ2v) is 8.35. The number of anilines is 2. The van der Waals surface area contributed by atoms with Crippen LogP contribution in [0.2, 0.25) is 0 Å². The molecule has 0 saturated heterocycles. The minimum absolute atomic E-state index is 0.408. The lowest BCUT2D eigenvalue weighted by Crippen LogP contribution is -2.10. The minimum atomic E-state index is 0.408. The fourth-order valence-electron chi connectivity index (χ4n) is 4.20. The molecule has 0 unspecified atom stereocenters. The summed E-state index contributed by atoms with van der Waals surface area (Å²) >= 11 is 0. The molecule has 150 valence electrons.